The summed E-state index contributed by atoms with van der Waals surface area (Å²) >= 11 is 0. The molecule has 0 spiro atoms. The third-order valence-corrected chi connectivity index (χ3v) is 2.75. The highest BCUT2D eigenvalue weighted by molar-refractivity contribution is 5.72. The largest absolute Gasteiger partial charge is 0.466 e. The van der Waals surface area contributed by atoms with Crippen LogP contribution in [0.5, 0.6) is 0 Å². The molecular weight excluding hydrogens is 244 g/mol. The van der Waals surface area contributed by atoms with E-state index in [4.69, 9.17) is 9.47 Å². The Labute approximate surface area is 116 Å². The maximum absolute atomic E-state index is 11.6. The van der Waals surface area contributed by atoms with Gasteiger partial charge in [-0.3, -0.25) is 9.59 Å². The molecule has 0 heterocycles. The van der Waals surface area contributed by atoms with Gasteiger partial charge in [-0.15, -0.1) is 0 Å². The van der Waals surface area contributed by atoms with Crippen molar-refractivity contribution < 1.29 is 19.1 Å². The topological polar surface area (TPSA) is 52.6 Å². The number of hydrogen-bond donors (Lipinski definition) is 0. The second-order valence-corrected chi connectivity index (χ2v) is 4.76. The lowest BCUT2D eigenvalue weighted by Crippen LogP contribution is -2.18. The van der Waals surface area contributed by atoms with Gasteiger partial charge in [0.1, 0.15) is 6.10 Å². The van der Waals surface area contributed by atoms with Crippen molar-refractivity contribution >= 4 is 11.9 Å². The minimum Gasteiger partial charge on any atom is -0.466 e. The Morgan fingerprint density at radius 1 is 0.895 bits per heavy atom. The Morgan fingerprint density at radius 2 is 1.47 bits per heavy atom. The van der Waals surface area contributed by atoms with Crippen LogP contribution in [0.15, 0.2) is 0 Å². The highest BCUT2D eigenvalue weighted by Crippen LogP contribution is 2.11. The van der Waals surface area contributed by atoms with Crippen molar-refractivity contribution in [2.75, 3.05) is 6.61 Å². The van der Waals surface area contributed by atoms with Crippen LogP contribution in [0.25, 0.3) is 0 Å². The van der Waals surface area contributed by atoms with Gasteiger partial charge in [-0.05, 0) is 25.7 Å². The predicted molar refractivity (Wildman–Crippen MR) is 74.8 cm³/mol. The van der Waals surface area contributed by atoms with Crippen molar-refractivity contribution in [3.63, 3.8) is 0 Å². The van der Waals surface area contributed by atoms with Gasteiger partial charge < -0.3 is 9.47 Å². The van der Waals surface area contributed by atoms with Gasteiger partial charge in [0.05, 0.1) is 6.61 Å². The number of ether oxygens (including phenoxy) is 2. The first-order valence-corrected chi connectivity index (χ1v) is 7.49. The molecule has 0 aromatic rings. The van der Waals surface area contributed by atoms with Crippen LogP contribution in [0, 0.1) is 0 Å². The number of carbonyl (C=O) groups is 2. The standard InChI is InChI=1S/C15H28O4/c1-4-8-13(9-5-2)19-15(17)11-7-10-14(16)18-12-6-3/h13H,4-12H2,1-3H3. The summed E-state index contributed by atoms with van der Waals surface area (Å²) in [5, 5.41) is 0. The molecule has 4 nitrogen and oxygen atoms in total. The van der Waals surface area contributed by atoms with Gasteiger partial charge in [0.15, 0.2) is 0 Å². The summed E-state index contributed by atoms with van der Waals surface area (Å²) in [6.45, 7) is 6.57. The van der Waals surface area contributed by atoms with Crippen LogP contribution in [0.3, 0.4) is 0 Å². The van der Waals surface area contributed by atoms with Gasteiger partial charge in [-0.25, -0.2) is 0 Å². The zero-order valence-corrected chi connectivity index (χ0v) is 12.6. The molecule has 0 atom stereocenters. The Kier molecular flexibility index (Phi) is 11.3. The molecule has 0 N–H and O–H groups in total. The molecule has 0 aliphatic heterocycles. The van der Waals surface area contributed by atoms with Crippen LogP contribution in [0.4, 0.5) is 0 Å². The maximum atomic E-state index is 11.6. The third-order valence-electron chi connectivity index (χ3n) is 2.75. The number of esters is 2. The Bertz CT molecular complexity index is 245. The predicted octanol–water partition coefficient (Wildman–Crippen LogP) is 3.62. The Hall–Kier alpha value is -1.06. The fourth-order valence-electron chi connectivity index (χ4n) is 1.82. The molecule has 0 rings (SSSR count). The van der Waals surface area contributed by atoms with Crippen molar-refractivity contribution in [1.82, 2.24) is 0 Å². The van der Waals surface area contributed by atoms with E-state index in [-0.39, 0.29) is 18.0 Å². The Balaban J connectivity index is 3.75. The first-order chi connectivity index (χ1) is 9.13. The van der Waals surface area contributed by atoms with E-state index in [0.29, 0.717) is 25.9 Å². The van der Waals surface area contributed by atoms with Crippen molar-refractivity contribution in [3.05, 3.63) is 0 Å². The summed E-state index contributed by atoms with van der Waals surface area (Å²) in [6, 6.07) is 0. The van der Waals surface area contributed by atoms with Crippen molar-refractivity contribution in [3.8, 4) is 0 Å². The highest BCUT2D eigenvalue weighted by Gasteiger charge is 2.13. The fraction of sp³-hybridized carbons (Fsp3) is 0.867. The number of rotatable bonds is 11. The van der Waals surface area contributed by atoms with Crippen molar-refractivity contribution in [2.24, 2.45) is 0 Å². The molecule has 0 aromatic heterocycles. The molecular formula is C15H28O4. The molecule has 0 unspecified atom stereocenters. The van der Waals surface area contributed by atoms with Crippen LogP contribution in [0.1, 0.15) is 72.1 Å². The minimum atomic E-state index is -0.228. The van der Waals surface area contributed by atoms with E-state index in [0.717, 1.165) is 32.1 Å². The molecule has 0 radical (unpaired) electrons. The van der Waals surface area contributed by atoms with E-state index < -0.39 is 0 Å². The van der Waals surface area contributed by atoms with Gasteiger partial charge in [-0.2, -0.15) is 0 Å². The molecule has 0 fully saturated rings. The molecule has 0 aliphatic rings. The maximum Gasteiger partial charge on any atom is 0.306 e. The quantitative estimate of drug-likeness (QED) is 0.539. The van der Waals surface area contributed by atoms with E-state index in [1.54, 1.807) is 0 Å². The summed E-state index contributed by atoms with van der Waals surface area (Å²) < 4.78 is 10.3. The molecule has 0 saturated heterocycles. The van der Waals surface area contributed by atoms with Crippen molar-refractivity contribution in [2.45, 2.75) is 78.2 Å². The van der Waals surface area contributed by atoms with Crippen LogP contribution in [-0.2, 0) is 19.1 Å². The average Bonchev–Trinajstić information content (AvgIpc) is 2.37. The fourth-order valence-corrected chi connectivity index (χ4v) is 1.82. The zero-order valence-electron chi connectivity index (χ0n) is 12.6. The summed E-state index contributed by atoms with van der Waals surface area (Å²) in [4.78, 5) is 22.9. The van der Waals surface area contributed by atoms with Crippen LogP contribution < -0.4 is 0 Å². The summed E-state index contributed by atoms with van der Waals surface area (Å²) in [7, 11) is 0. The van der Waals surface area contributed by atoms with Gasteiger partial charge in [-0.1, -0.05) is 33.6 Å². The first kappa shape index (κ1) is 17.9. The molecule has 0 aliphatic carbocycles. The second kappa shape index (κ2) is 12.0. The van der Waals surface area contributed by atoms with Gasteiger partial charge in [0, 0.05) is 12.8 Å². The van der Waals surface area contributed by atoms with Gasteiger partial charge in [0.25, 0.3) is 0 Å². The van der Waals surface area contributed by atoms with E-state index in [2.05, 4.69) is 13.8 Å². The smallest absolute Gasteiger partial charge is 0.306 e. The average molecular weight is 272 g/mol. The van der Waals surface area contributed by atoms with E-state index >= 15 is 0 Å². The van der Waals surface area contributed by atoms with Crippen molar-refractivity contribution in [1.29, 1.82) is 0 Å². The molecule has 112 valence electrons. The Morgan fingerprint density at radius 3 is 2.00 bits per heavy atom. The van der Waals surface area contributed by atoms with Crippen LogP contribution in [0.2, 0.25) is 0 Å². The molecule has 4 heteroatoms. The molecule has 0 saturated carbocycles. The SMILES string of the molecule is CCCOC(=O)CCCC(=O)OC(CCC)CCC. The first-order valence-electron chi connectivity index (χ1n) is 7.49. The second-order valence-electron chi connectivity index (χ2n) is 4.76. The van der Waals surface area contributed by atoms with Crippen LogP contribution >= 0.6 is 0 Å². The lowest BCUT2D eigenvalue weighted by molar-refractivity contribution is -0.150. The third kappa shape index (κ3) is 10.5. The summed E-state index contributed by atoms with van der Waals surface area (Å²) in [6.07, 6.45) is 5.82. The minimum absolute atomic E-state index is 0.0366. The number of hydrogen-bond acceptors (Lipinski definition) is 4. The molecule has 0 amide bonds. The monoisotopic (exact) mass is 272 g/mol. The number of carbonyl (C=O) groups excluding carboxylic acids is 2. The van der Waals surface area contributed by atoms with Gasteiger partial charge in [0.2, 0.25) is 0 Å². The zero-order chi connectivity index (χ0) is 14.5. The van der Waals surface area contributed by atoms with E-state index in [9.17, 15) is 9.59 Å². The summed E-state index contributed by atoms with van der Waals surface area (Å²) in [5.41, 5.74) is 0. The lowest BCUT2D eigenvalue weighted by atomic mass is 10.1. The summed E-state index contributed by atoms with van der Waals surface area (Å²) in [5.74, 6) is -0.427. The normalized spacial score (nSPS) is 10.5. The van der Waals surface area contributed by atoms with Crippen LogP contribution in [-0.4, -0.2) is 24.6 Å². The van der Waals surface area contributed by atoms with E-state index in [1.807, 2.05) is 6.92 Å². The van der Waals surface area contributed by atoms with Gasteiger partial charge >= 0.3 is 11.9 Å². The highest BCUT2D eigenvalue weighted by atomic mass is 16.5. The lowest BCUT2D eigenvalue weighted by Gasteiger charge is -2.16. The molecule has 19 heavy (non-hydrogen) atoms. The van der Waals surface area contributed by atoms with E-state index in [1.165, 1.54) is 0 Å². The molecule has 0 aromatic carbocycles. The molecule has 0 bridgehead atoms.